The van der Waals surface area contributed by atoms with Crippen LogP contribution in [0.25, 0.3) is 0 Å². The number of hydrogen-bond acceptors (Lipinski definition) is 3. The summed E-state index contributed by atoms with van der Waals surface area (Å²) in [5, 5.41) is 0.191. The summed E-state index contributed by atoms with van der Waals surface area (Å²) in [6, 6.07) is 3.31. The summed E-state index contributed by atoms with van der Waals surface area (Å²) >= 11 is 5.70. The summed E-state index contributed by atoms with van der Waals surface area (Å²) in [6.07, 6.45) is 0. The smallest absolute Gasteiger partial charge is 0.381 e. The molecule has 0 spiro atoms. The monoisotopic (exact) mass is 264 g/mol. The fraction of sp³-hybridized carbons (Fsp3) is 0.364. The van der Waals surface area contributed by atoms with Crippen molar-refractivity contribution in [2.75, 3.05) is 13.7 Å². The average Bonchev–Trinajstić information content (AvgIpc) is 2.29. The van der Waals surface area contributed by atoms with Crippen LogP contribution in [0.4, 0.5) is 8.78 Å². The summed E-state index contributed by atoms with van der Waals surface area (Å²) < 4.78 is 36.3. The van der Waals surface area contributed by atoms with E-state index in [4.69, 9.17) is 16.3 Å². The molecule has 0 saturated carbocycles. The molecule has 1 rings (SSSR count). The quantitative estimate of drug-likeness (QED) is 0.784. The zero-order valence-corrected chi connectivity index (χ0v) is 10.1. The van der Waals surface area contributed by atoms with Gasteiger partial charge >= 0.3 is 11.9 Å². The van der Waals surface area contributed by atoms with Gasteiger partial charge in [0.25, 0.3) is 0 Å². The van der Waals surface area contributed by atoms with Crippen molar-refractivity contribution >= 4 is 17.6 Å². The number of hydrogen-bond donors (Lipinski definition) is 0. The third-order valence-corrected chi connectivity index (χ3v) is 2.36. The summed E-state index contributed by atoms with van der Waals surface area (Å²) in [5.74, 6) is -5.23. The second-order valence-corrected chi connectivity index (χ2v) is 3.55. The number of ether oxygens (including phenoxy) is 2. The lowest BCUT2D eigenvalue weighted by atomic mass is 10.1. The van der Waals surface area contributed by atoms with E-state index in [0.29, 0.717) is 0 Å². The van der Waals surface area contributed by atoms with Gasteiger partial charge in [0.2, 0.25) is 0 Å². The Kier molecular flexibility index (Phi) is 4.28. The Morgan fingerprint density at radius 1 is 1.47 bits per heavy atom. The van der Waals surface area contributed by atoms with Crippen LogP contribution in [0.5, 0.6) is 5.75 Å². The standard InChI is InChI=1S/C11H11ClF2O3/c1-3-17-10(15)11(13,14)7-4-5-8(12)9(6-7)16-2/h4-6H,3H2,1-2H3. The largest absolute Gasteiger partial charge is 0.495 e. The van der Waals surface area contributed by atoms with Crippen LogP contribution in [-0.4, -0.2) is 19.7 Å². The first-order chi connectivity index (χ1) is 7.93. The highest BCUT2D eigenvalue weighted by Crippen LogP contribution is 2.34. The molecule has 94 valence electrons. The first-order valence-corrected chi connectivity index (χ1v) is 5.20. The SMILES string of the molecule is CCOC(=O)C(F)(F)c1ccc(Cl)c(OC)c1. The fourth-order valence-corrected chi connectivity index (χ4v) is 1.39. The Labute approximate surface area is 102 Å². The molecule has 0 aliphatic carbocycles. The maximum atomic E-state index is 13.6. The number of rotatable bonds is 4. The summed E-state index contributed by atoms with van der Waals surface area (Å²) in [7, 11) is 1.30. The zero-order chi connectivity index (χ0) is 13.1. The van der Waals surface area contributed by atoms with E-state index in [1.807, 2.05) is 0 Å². The summed E-state index contributed by atoms with van der Waals surface area (Å²) in [4.78, 5) is 11.1. The van der Waals surface area contributed by atoms with Crippen molar-refractivity contribution in [3.63, 3.8) is 0 Å². The second-order valence-electron chi connectivity index (χ2n) is 3.14. The lowest BCUT2D eigenvalue weighted by molar-refractivity contribution is -0.173. The van der Waals surface area contributed by atoms with E-state index in [-0.39, 0.29) is 17.4 Å². The molecule has 0 unspecified atom stereocenters. The van der Waals surface area contributed by atoms with Crippen LogP contribution in [0.2, 0.25) is 5.02 Å². The van der Waals surface area contributed by atoms with Crippen molar-refractivity contribution in [2.45, 2.75) is 12.8 Å². The molecule has 0 aromatic heterocycles. The molecule has 0 fully saturated rings. The van der Waals surface area contributed by atoms with Gasteiger partial charge in [-0.25, -0.2) is 4.79 Å². The van der Waals surface area contributed by atoms with Crippen LogP contribution < -0.4 is 4.74 Å². The molecular formula is C11H11ClF2O3. The highest BCUT2D eigenvalue weighted by atomic mass is 35.5. The molecule has 6 heteroatoms. The predicted molar refractivity (Wildman–Crippen MR) is 58.5 cm³/mol. The van der Waals surface area contributed by atoms with E-state index in [9.17, 15) is 13.6 Å². The van der Waals surface area contributed by atoms with Gasteiger partial charge in [0, 0.05) is 5.56 Å². The molecule has 0 atom stereocenters. The highest BCUT2D eigenvalue weighted by Gasteiger charge is 2.43. The molecule has 0 aliphatic heterocycles. The minimum Gasteiger partial charge on any atom is -0.495 e. The molecule has 1 aromatic rings. The van der Waals surface area contributed by atoms with E-state index in [2.05, 4.69) is 4.74 Å². The van der Waals surface area contributed by atoms with Crippen molar-refractivity contribution in [3.8, 4) is 5.75 Å². The molecule has 0 radical (unpaired) electrons. The summed E-state index contributed by atoms with van der Waals surface area (Å²) in [5.41, 5.74) is -0.516. The Morgan fingerprint density at radius 2 is 2.12 bits per heavy atom. The molecular weight excluding hydrogens is 254 g/mol. The minimum absolute atomic E-state index is 0.0770. The molecule has 0 saturated heterocycles. The van der Waals surface area contributed by atoms with Crippen LogP contribution in [0.3, 0.4) is 0 Å². The van der Waals surface area contributed by atoms with Gasteiger partial charge in [-0.3, -0.25) is 0 Å². The van der Waals surface area contributed by atoms with Crippen LogP contribution >= 0.6 is 11.6 Å². The fourth-order valence-electron chi connectivity index (χ4n) is 1.19. The lowest BCUT2D eigenvalue weighted by Crippen LogP contribution is -2.28. The predicted octanol–water partition coefficient (Wildman–Crippen LogP) is 3.00. The summed E-state index contributed by atoms with van der Waals surface area (Å²) in [6.45, 7) is 1.34. The van der Waals surface area contributed by atoms with Gasteiger partial charge in [0.05, 0.1) is 18.7 Å². The molecule has 17 heavy (non-hydrogen) atoms. The zero-order valence-electron chi connectivity index (χ0n) is 9.30. The maximum Gasteiger partial charge on any atom is 0.381 e. The van der Waals surface area contributed by atoms with E-state index in [0.717, 1.165) is 12.1 Å². The highest BCUT2D eigenvalue weighted by molar-refractivity contribution is 6.32. The number of esters is 1. The molecule has 0 amide bonds. The van der Waals surface area contributed by atoms with E-state index in [1.54, 1.807) is 0 Å². The van der Waals surface area contributed by atoms with Crippen molar-refractivity contribution < 1.29 is 23.0 Å². The van der Waals surface area contributed by atoms with Crippen molar-refractivity contribution in [3.05, 3.63) is 28.8 Å². The number of halogens is 3. The lowest BCUT2D eigenvalue weighted by Gasteiger charge is -2.16. The van der Waals surface area contributed by atoms with Crippen LogP contribution in [0.15, 0.2) is 18.2 Å². The van der Waals surface area contributed by atoms with Crippen molar-refractivity contribution in [1.82, 2.24) is 0 Å². The Hall–Kier alpha value is -1.36. The van der Waals surface area contributed by atoms with Crippen molar-refractivity contribution in [2.24, 2.45) is 0 Å². The first-order valence-electron chi connectivity index (χ1n) is 4.82. The van der Waals surface area contributed by atoms with Gasteiger partial charge in [-0.15, -0.1) is 0 Å². The van der Waals surface area contributed by atoms with E-state index >= 15 is 0 Å². The molecule has 0 N–H and O–H groups in total. The number of benzene rings is 1. The number of methoxy groups -OCH3 is 1. The topological polar surface area (TPSA) is 35.5 Å². The molecule has 3 nitrogen and oxygen atoms in total. The van der Waals surface area contributed by atoms with E-state index in [1.165, 1.54) is 20.1 Å². The third kappa shape index (κ3) is 2.85. The Morgan fingerprint density at radius 3 is 2.65 bits per heavy atom. The van der Waals surface area contributed by atoms with E-state index < -0.39 is 17.5 Å². The number of carbonyl (C=O) groups is 1. The molecule has 0 aliphatic rings. The number of carbonyl (C=O) groups excluding carboxylic acids is 1. The van der Waals surface area contributed by atoms with Crippen molar-refractivity contribution in [1.29, 1.82) is 0 Å². The van der Waals surface area contributed by atoms with Crippen LogP contribution in [0, 0.1) is 0 Å². The Bertz CT molecular complexity index is 421. The first kappa shape index (κ1) is 13.7. The third-order valence-electron chi connectivity index (χ3n) is 2.05. The second kappa shape index (κ2) is 5.31. The number of alkyl halides is 2. The van der Waals surface area contributed by atoms with Gasteiger partial charge in [-0.05, 0) is 19.1 Å². The van der Waals surface area contributed by atoms with Gasteiger partial charge in [-0.1, -0.05) is 17.7 Å². The molecule has 0 heterocycles. The molecule has 1 aromatic carbocycles. The minimum atomic E-state index is -3.71. The average molecular weight is 265 g/mol. The normalized spacial score (nSPS) is 11.1. The molecule has 0 bridgehead atoms. The van der Waals surface area contributed by atoms with Gasteiger partial charge < -0.3 is 9.47 Å². The van der Waals surface area contributed by atoms with Crippen LogP contribution in [0.1, 0.15) is 12.5 Å². The maximum absolute atomic E-state index is 13.6. The van der Waals surface area contributed by atoms with Crippen LogP contribution in [-0.2, 0) is 15.5 Å². The van der Waals surface area contributed by atoms with Gasteiger partial charge in [0.15, 0.2) is 0 Å². The van der Waals surface area contributed by atoms with Gasteiger partial charge in [0.1, 0.15) is 5.75 Å². The van der Waals surface area contributed by atoms with Gasteiger partial charge in [-0.2, -0.15) is 8.78 Å². The Balaban J connectivity index is 3.10.